The fourth-order valence-corrected chi connectivity index (χ4v) is 2.08. The summed E-state index contributed by atoms with van der Waals surface area (Å²) in [4.78, 5) is 0. The summed E-state index contributed by atoms with van der Waals surface area (Å²) in [6, 6.07) is 5.87. The Hall–Kier alpha value is -1.00. The van der Waals surface area contributed by atoms with Crippen LogP contribution in [-0.4, -0.2) is 23.3 Å². The standard InChI is InChI=1S/C13H16BrNO2/c14-7-1-2-8-17-11-5-3-10-4-6-13(16)15-12(10)9-11/h3-6,9,13,15-16H,1-2,7-8H2. The molecule has 1 aromatic carbocycles. The van der Waals surface area contributed by atoms with Crippen LogP contribution in [0.4, 0.5) is 5.69 Å². The normalized spacial score (nSPS) is 17.4. The number of fused-ring (bicyclic) bond motifs is 1. The third-order valence-corrected chi connectivity index (χ3v) is 3.14. The Morgan fingerprint density at radius 2 is 2.24 bits per heavy atom. The molecule has 92 valence electrons. The highest BCUT2D eigenvalue weighted by molar-refractivity contribution is 9.09. The van der Waals surface area contributed by atoms with Crippen LogP contribution in [0.3, 0.4) is 0 Å². The van der Waals surface area contributed by atoms with Gasteiger partial charge in [-0.1, -0.05) is 22.0 Å². The van der Waals surface area contributed by atoms with Crippen LogP contribution in [0.2, 0.25) is 0 Å². The highest BCUT2D eigenvalue weighted by Crippen LogP contribution is 2.27. The summed E-state index contributed by atoms with van der Waals surface area (Å²) in [5.74, 6) is 0.841. The van der Waals surface area contributed by atoms with E-state index in [4.69, 9.17) is 4.74 Å². The highest BCUT2D eigenvalue weighted by atomic mass is 79.9. The molecule has 0 saturated heterocycles. The van der Waals surface area contributed by atoms with E-state index in [0.717, 1.165) is 41.8 Å². The highest BCUT2D eigenvalue weighted by Gasteiger charge is 2.10. The van der Waals surface area contributed by atoms with Crippen molar-refractivity contribution < 1.29 is 9.84 Å². The van der Waals surface area contributed by atoms with Gasteiger partial charge in [0.05, 0.1) is 6.61 Å². The van der Waals surface area contributed by atoms with Crippen LogP contribution in [0.5, 0.6) is 5.75 Å². The van der Waals surface area contributed by atoms with E-state index in [1.807, 2.05) is 24.3 Å². The van der Waals surface area contributed by atoms with Gasteiger partial charge in [-0.3, -0.25) is 0 Å². The summed E-state index contributed by atoms with van der Waals surface area (Å²) in [6.45, 7) is 0.725. The predicted molar refractivity (Wildman–Crippen MR) is 73.6 cm³/mol. The second-order valence-electron chi connectivity index (χ2n) is 3.94. The molecule has 0 fully saturated rings. The molecule has 4 heteroatoms. The first-order valence-electron chi connectivity index (χ1n) is 5.75. The number of nitrogens with one attached hydrogen (secondary N) is 1. The smallest absolute Gasteiger partial charge is 0.144 e. The van der Waals surface area contributed by atoms with Gasteiger partial charge in [0.15, 0.2) is 0 Å². The van der Waals surface area contributed by atoms with Gasteiger partial charge in [0.1, 0.15) is 12.0 Å². The summed E-state index contributed by atoms with van der Waals surface area (Å²) < 4.78 is 5.64. The maximum Gasteiger partial charge on any atom is 0.144 e. The van der Waals surface area contributed by atoms with Crippen molar-refractivity contribution in [2.75, 3.05) is 17.3 Å². The van der Waals surface area contributed by atoms with E-state index in [1.54, 1.807) is 6.08 Å². The number of anilines is 1. The summed E-state index contributed by atoms with van der Waals surface area (Å²) >= 11 is 3.39. The number of rotatable bonds is 5. The van der Waals surface area contributed by atoms with Gasteiger partial charge in [-0.15, -0.1) is 0 Å². The van der Waals surface area contributed by atoms with E-state index < -0.39 is 6.23 Å². The van der Waals surface area contributed by atoms with E-state index in [9.17, 15) is 5.11 Å². The Morgan fingerprint density at radius 1 is 1.35 bits per heavy atom. The Balaban J connectivity index is 1.96. The average Bonchev–Trinajstić information content (AvgIpc) is 2.34. The molecule has 0 bridgehead atoms. The summed E-state index contributed by atoms with van der Waals surface area (Å²) in [7, 11) is 0. The molecule has 3 nitrogen and oxygen atoms in total. The third kappa shape index (κ3) is 3.48. The average molecular weight is 298 g/mol. The van der Waals surface area contributed by atoms with E-state index in [-0.39, 0.29) is 0 Å². The monoisotopic (exact) mass is 297 g/mol. The van der Waals surface area contributed by atoms with E-state index >= 15 is 0 Å². The first-order valence-corrected chi connectivity index (χ1v) is 6.87. The lowest BCUT2D eigenvalue weighted by Gasteiger charge is -2.18. The van der Waals surface area contributed by atoms with Crippen LogP contribution < -0.4 is 10.1 Å². The molecule has 0 aromatic heterocycles. The molecule has 1 heterocycles. The maximum atomic E-state index is 9.45. The summed E-state index contributed by atoms with van der Waals surface area (Å²) in [5, 5.41) is 13.4. The SMILES string of the molecule is OC1C=Cc2ccc(OCCCCBr)cc2N1. The Kier molecular flexibility index (Phi) is 4.45. The third-order valence-electron chi connectivity index (χ3n) is 2.58. The molecule has 0 radical (unpaired) electrons. The van der Waals surface area contributed by atoms with Crippen molar-refractivity contribution >= 4 is 27.7 Å². The van der Waals surface area contributed by atoms with Gasteiger partial charge < -0.3 is 15.2 Å². The van der Waals surface area contributed by atoms with E-state index in [2.05, 4.69) is 21.2 Å². The van der Waals surface area contributed by atoms with E-state index in [0.29, 0.717) is 0 Å². The molecule has 1 aliphatic heterocycles. The summed E-state index contributed by atoms with van der Waals surface area (Å²) in [6.07, 6.45) is 5.18. The molecule has 1 unspecified atom stereocenters. The van der Waals surface area contributed by atoms with E-state index in [1.165, 1.54) is 0 Å². The first-order chi connectivity index (χ1) is 8.29. The number of aliphatic hydroxyl groups excluding tert-OH is 1. The van der Waals surface area contributed by atoms with Crippen molar-refractivity contribution in [3.8, 4) is 5.75 Å². The van der Waals surface area contributed by atoms with Crippen LogP contribution in [-0.2, 0) is 0 Å². The number of hydrogen-bond acceptors (Lipinski definition) is 3. The Labute approximate surface area is 110 Å². The zero-order valence-electron chi connectivity index (χ0n) is 9.53. The minimum absolute atomic E-state index is 0.605. The zero-order chi connectivity index (χ0) is 12.1. The topological polar surface area (TPSA) is 41.5 Å². The number of hydrogen-bond donors (Lipinski definition) is 2. The lowest BCUT2D eigenvalue weighted by atomic mass is 10.1. The van der Waals surface area contributed by atoms with Crippen molar-refractivity contribution in [3.05, 3.63) is 29.8 Å². The first kappa shape index (κ1) is 12.5. The molecule has 0 amide bonds. The molecule has 0 spiro atoms. The number of benzene rings is 1. The van der Waals surface area contributed by atoms with Crippen LogP contribution in [0.25, 0.3) is 6.08 Å². The van der Waals surface area contributed by atoms with Crippen LogP contribution in [0.1, 0.15) is 18.4 Å². The van der Waals surface area contributed by atoms with Gasteiger partial charge in [0.2, 0.25) is 0 Å². The van der Waals surface area contributed by atoms with Gasteiger partial charge in [-0.25, -0.2) is 0 Å². The predicted octanol–water partition coefficient (Wildman–Crippen LogP) is 3.00. The Morgan fingerprint density at radius 3 is 3.06 bits per heavy atom. The van der Waals surface area contributed by atoms with Crippen LogP contribution >= 0.6 is 15.9 Å². The molecule has 0 aliphatic carbocycles. The van der Waals surface area contributed by atoms with Crippen molar-refractivity contribution in [2.24, 2.45) is 0 Å². The number of ether oxygens (including phenoxy) is 1. The molecular formula is C13H16BrNO2. The molecule has 1 aromatic rings. The second kappa shape index (κ2) is 6.07. The molecule has 2 N–H and O–H groups in total. The number of unbranched alkanes of at least 4 members (excludes halogenated alkanes) is 1. The fraction of sp³-hybridized carbons (Fsp3) is 0.385. The maximum absolute atomic E-state index is 9.45. The van der Waals surface area contributed by atoms with Crippen molar-refractivity contribution in [1.82, 2.24) is 0 Å². The second-order valence-corrected chi connectivity index (χ2v) is 4.73. The minimum Gasteiger partial charge on any atom is -0.494 e. The summed E-state index contributed by atoms with van der Waals surface area (Å²) in [5.41, 5.74) is 1.99. The largest absolute Gasteiger partial charge is 0.494 e. The molecular weight excluding hydrogens is 282 g/mol. The van der Waals surface area contributed by atoms with Gasteiger partial charge in [0, 0.05) is 17.1 Å². The van der Waals surface area contributed by atoms with Gasteiger partial charge in [-0.05, 0) is 36.6 Å². The quantitative estimate of drug-likeness (QED) is 0.648. The molecule has 2 rings (SSSR count). The number of aliphatic hydroxyl groups is 1. The molecule has 1 atom stereocenters. The number of halogens is 1. The van der Waals surface area contributed by atoms with Crippen molar-refractivity contribution in [2.45, 2.75) is 19.1 Å². The lowest BCUT2D eigenvalue weighted by Crippen LogP contribution is -2.18. The zero-order valence-corrected chi connectivity index (χ0v) is 11.1. The lowest BCUT2D eigenvalue weighted by molar-refractivity contribution is 0.252. The molecule has 17 heavy (non-hydrogen) atoms. The molecule has 0 saturated carbocycles. The van der Waals surface area contributed by atoms with Gasteiger partial charge >= 0.3 is 0 Å². The Bertz CT molecular complexity index is 406. The number of alkyl halides is 1. The van der Waals surface area contributed by atoms with Crippen LogP contribution in [0.15, 0.2) is 24.3 Å². The van der Waals surface area contributed by atoms with Crippen molar-refractivity contribution in [1.29, 1.82) is 0 Å². The van der Waals surface area contributed by atoms with Gasteiger partial charge in [-0.2, -0.15) is 0 Å². The minimum atomic E-state index is -0.605. The fourth-order valence-electron chi connectivity index (χ4n) is 1.68. The van der Waals surface area contributed by atoms with Crippen LogP contribution in [0, 0.1) is 0 Å². The van der Waals surface area contributed by atoms with Crippen molar-refractivity contribution in [3.63, 3.8) is 0 Å². The molecule has 1 aliphatic rings. The van der Waals surface area contributed by atoms with Gasteiger partial charge in [0.25, 0.3) is 0 Å².